The number of hydrogen-bond donors (Lipinski definition) is 1. The third-order valence-electron chi connectivity index (χ3n) is 2.82. The quantitative estimate of drug-likeness (QED) is 0.650. The maximum absolute atomic E-state index is 13.9. The summed E-state index contributed by atoms with van der Waals surface area (Å²) in [4.78, 5) is 2.92. The SMILES string of the molecule is Fc1cccc(-n2c(=S)[nH]c3cc(Cl)ccc32)c1F. The smallest absolute Gasteiger partial charge is 0.182 e. The van der Waals surface area contributed by atoms with Crippen molar-refractivity contribution in [2.24, 2.45) is 0 Å². The van der Waals surface area contributed by atoms with Gasteiger partial charge in [-0.2, -0.15) is 0 Å². The first-order valence-corrected chi connectivity index (χ1v) is 6.21. The lowest BCUT2D eigenvalue weighted by atomic mass is 10.2. The minimum atomic E-state index is -0.936. The molecule has 0 saturated heterocycles. The molecule has 0 spiro atoms. The fourth-order valence-corrected chi connectivity index (χ4v) is 2.47. The van der Waals surface area contributed by atoms with E-state index >= 15 is 0 Å². The van der Waals surface area contributed by atoms with E-state index in [1.807, 2.05) is 0 Å². The van der Waals surface area contributed by atoms with Gasteiger partial charge in [0.25, 0.3) is 0 Å². The van der Waals surface area contributed by atoms with Gasteiger partial charge in [-0.1, -0.05) is 17.7 Å². The number of fused-ring (bicyclic) bond motifs is 1. The Morgan fingerprint density at radius 1 is 1.16 bits per heavy atom. The Morgan fingerprint density at radius 3 is 2.74 bits per heavy atom. The number of aromatic amines is 1. The molecule has 0 amide bonds. The molecule has 1 aromatic heterocycles. The monoisotopic (exact) mass is 296 g/mol. The van der Waals surface area contributed by atoms with Crippen LogP contribution in [0.3, 0.4) is 0 Å². The van der Waals surface area contributed by atoms with Crippen molar-refractivity contribution in [2.75, 3.05) is 0 Å². The minimum absolute atomic E-state index is 0.0681. The fraction of sp³-hybridized carbons (Fsp3) is 0. The first-order chi connectivity index (χ1) is 9.08. The van der Waals surface area contributed by atoms with E-state index in [0.717, 1.165) is 6.07 Å². The maximum atomic E-state index is 13.9. The van der Waals surface area contributed by atoms with Crippen LogP contribution in [0.5, 0.6) is 0 Å². The minimum Gasteiger partial charge on any atom is -0.330 e. The van der Waals surface area contributed by atoms with Gasteiger partial charge >= 0.3 is 0 Å². The molecule has 0 radical (unpaired) electrons. The topological polar surface area (TPSA) is 20.7 Å². The van der Waals surface area contributed by atoms with Crippen molar-refractivity contribution in [1.82, 2.24) is 9.55 Å². The van der Waals surface area contributed by atoms with Crippen molar-refractivity contribution < 1.29 is 8.78 Å². The summed E-state index contributed by atoms with van der Waals surface area (Å²) in [5.41, 5.74) is 1.37. The molecule has 3 aromatic rings. The summed E-state index contributed by atoms with van der Waals surface area (Å²) in [7, 11) is 0. The number of halogens is 3. The van der Waals surface area contributed by atoms with Crippen LogP contribution in [0.1, 0.15) is 0 Å². The summed E-state index contributed by atoms with van der Waals surface area (Å²) in [5, 5.41) is 0.538. The number of aromatic nitrogens is 2. The second kappa shape index (κ2) is 4.43. The van der Waals surface area contributed by atoms with Crippen LogP contribution in [-0.4, -0.2) is 9.55 Å². The summed E-state index contributed by atoms with van der Waals surface area (Å²) >= 11 is 11.0. The zero-order chi connectivity index (χ0) is 13.6. The highest BCUT2D eigenvalue weighted by atomic mass is 35.5. The molecule has 0 unspecified atom stereocenters. The van der Waals surface area contributed by atoms with Crippen LogP contribution in [0.4, 0.5) is 8.78 Å². The molecule has 1 heterocycles. The van der Waals surface area contributed by atoms with Gasteiger partial charge in [0.1, 0.15) is 0 Å². The van der Waals surface area contributed by atoms with E-state index in [-0.39, 0.29) is 10.5 Å². The van der Waals surface area contributed by atoms with Crippen molar-refractivity contribution in [3.63, 3.8) is 0 Å². The Kier molecular flexibility index (Phi) is 2.88. The van der Waals surface area contributed by atoms with Crippen LogP contribution in [-0.2, 0) is 0 Å². The molecule has 2 aromatic carbocycles. The van der Waals surface area contributed by atoms with Crippen LogP contribution in [0.2, 0.25) is 5.02 Å². The molecule has 0 aliphatic heterocycles. The molecule has 96 valence electrons. The van der Waals surface area contributed by atoms with E-state index in [0.29, 0.717) is 16.1 Å². The predicted octanol–water partition coefficient (Wildman–Crippen LogP) is 4.62. The summed E-state index contributed by atoms with van der Waals surface area (Å²) in [6.45, 7) is 0. The van der Waals surface area contributed by atoms with Gasteiger partial charge in [0.15, 0.2) is 16.4 Å². The van der Waals surface area contributed by atoms with Crippen LogP contribution in [0.25, 0.3) is 16.7 Å². The van der Waals surface area contributed by atoms with Crippen LogP contribution in [0, 0.1) is 16.4 Å². The lowest BCUT2D eigenvalue weighted by Gasteiger charge is -2.06. The Bertz CT molecular complexity index is 838. The Morgan fingerprint density at radius 2 is 1.95 bits per heavy atom. The van der Waals surface area contributed by atoms with Crippen LogP contribution < -0.4 is 0 Å². The molecule has 6 heteroatoms. The lowest BCUT2D eigenvalue weighted by molar-refractivity contribution is 0.504. The zero-order valence-corrected chi connectivity index (χ0v) is 11.0. The maximum Gasteiger partial charge on any atom is 0.182 e. The molecule has 0 aliphatic rings. The van der Waals surface area contributed by atoms with E-state index in [4.69, 9.17) is 23.8 Å². The zero-order valence-electron chi connectivity index (χ0n) is 9.45. The number of nitrogens with zero attached hydrogens (tertiary/aromatic N) is 1. The Balaban J connectivity index is 2.40. The highest BCUT2D eigenvalue weighted by Gasteiger charge is 2.13. The van der Waals surface area contributed by atoms with E-state index in [1.165, 1.54) is 16.7 Å². The first kappa shape index (κ1) is 12.3. The van der Waals surface area contributed by atoms with Crippen molar-refractivity contribution >= 4 is 34.9 Å². The summed E-state index contributed by atoms with van der Waals surface area (Å²) in [5.74, 6) is -1.85. The second-order valence-corrected chi connectivity index (χ2v) is 4.82. The third kappa shape index (κ3) is 1.95. The third-order valence-corrected chi connectivity index (χ3v) is 3.34. The van der Waals surface area contributed by atoms with Crippen molar-refractivity contribution in [3.8, 4) is 5.69 Å². The molecule has 0 atom stereocenters. The summed E-state index contributed by atoms with van der Waals surface area (Å²) in [6.07, 6.45) is 0. The average molecular weight is 297 g/mol. The number of benzene rings is 2. The average Bonchev–Trinajstić information content (AvgIpc) is 2.68. The first-order valence-electron chi connectivity index (χ1n) is 5.42. The number of hydrogen-bond acceptors (Lipinski definition) is 1. The van der Waals surface area contributed by atoms with Crippen LogP contribution >= 0.6 is 23.8 Å². The van der Waals surface area contributed by atoms with E-state index in [2.05, 4.69) is 4.98 Å². The van der Waals surface area contributed by atoms with Gasteiger partial charge in [0, 0.05) is 5.02 Å². The molecule has 0 saturated carbocycles. The number of rotatable bonds is 1. The molecule has 0 fully saturated rings. The number of nitrogens with one attached hydrogen (secondary N) is 1. The summed E-state index contributed by atoms with van der Waals surface area (Å²) in [6, 6.07) is 9.02. The normalized spacial score (nSPS) is 11.1. The van der Waals surface area contributed by atoms with Crippen LogP contribution in [0.15, 0.2) is 36.4 Å². The second-order valence-electron chi connectivity index (χ2n) is 4.00. The van der Waals surface area contributed by atoms with Gasteiger partial charge in [0.2, 0.25) is 0 Å². The van der Waals surface area contributed by atoms with E-state index in [1.54, 1.807) is 18.2 Å². The summed E-state index contributed by atoms with van der Waals surface area (Å²) < 4.78 is 28.9. The Hall–Kier alpha value is -1.72. The molecule has 0 aliphatic carbocycles. The molecule has 0 bridgehead atoms. The Labute approximate surface area is 117 Å². The van der Waals surface area contributed by atoms with Crippen molar-refractivity contribution in [2.45, 2.75) is 0 Å². The lowest BCUT2D eigenvalue weighted by Crippen LogP contribution is -1.99. The molecule has 3 rings (SSSR count). The molecular formula is C13H7ClF2N2S. The molecule has 1 N–H and O–H groups in total. The van der Waals surface area contributed by atoms with Crippen molar-refractivity contribution in [3.05, 3.63) is 57.8 Å². The van der Waals surface area contributed by atoms with E-state index < -0.39 is 11.6 Å². The number of imidazole rings is 1. The van der Waals surface area contributed by atoms with Gasteiger partial charge in [-0.3, -0.25) is 4.57 Å². The molecular weight excluding hydrogens is 290 g/mol. The standard InChI is InChI=1S/C13H7ClF2N2S/c14-7-4-5-10-9(6-7)17-13(19)18(10)11-3-1-2-8(15)12(11)16/h1-6H,(H,17,19). The fourth-order valence-electron chi connectivity index (χ4n) is 1.99. The van der Waals surface area contributed by atoms with Gasteiger partial charge in [-0.05, 0) is 42.5 Å². The molecule has 2 nitrogen and oxygen atoms in total. The van der Waals surface area contributed by atoms with Crippen molar-refractivity contribution in [1.29, 1.82) is 0 Å². The largest absolute Gasteiger partial charge is 0.330 e. The van der Waals surface area contributed by atoms with Gasteiger partial charge < -0.3 is 4.98 Å². The highest BCUT2D eigenvalue weighted by Crippen LogP contribution is 2.24. The van der Waals surface area contributed by atoms with E-state index in [9.17, 15) is 8.78 Å². The van der Waals surface area contributed by atoms with Gasteiger partial charge in [-0.25, -0.2) is 8.78 Å². The highest BCUT2D eigenvalue weighted by molar-refractivity contribution is 7.71. The van der Waals surface area contributed by atoms with Gasteiger partial charge in [-0.15, -0.1) is 0 Å². The van der Waals surface area contributed by atoms with Gasteiger partial charge in [0.05, 0.1) is 16.7 Å². The molecule has 19 heavy (non-hydrogen) atoms. The predicted molar refractivity (Wildman–Crippen MR) is 73.4 cm³/mol. The number of H-pyrrole nitrogens is 1.